The normalized spacial score (nSPS) is 18.6. The molecule has 1 amide bonds. The lowest BCUT2D eigenvalue weighted by molar-refractivity contribution is -0.385. The van der Waals surface area contributed by atoms with E-state index in [0.29, 0.717) is 23.0 Å². The van der Waals surface area contributed by atoms with E-state index in [4.69, 9.17) is 5.11 Å². The van der Waals surface area contributed by atoms with Gasteiger partial charge in [-0.2, -0.15) is 0 Å². The third kappa shape index (κ3) is 3.59. The second-order valence-electron chi connectivity index (χ2n) is 5.08. The van der Waals surface area contributed by atoms with E-state index in [1.807, 2.05) is 0 Å². The predicted molar refractivity (Wildman–Crippen MR) is 81.2 cm³/mol. The van der Waals surface area contributed by atoms with Gasteiger partial charge in [0.25, 0.3) is 11.6 Å². The van der Waals surface area contributed by atoms with Crippen LogP contribution in [0, 0.1) is 10.1 Å². The first-order valence-electron chi connectivity index (χ1n) is 6.90. The number of nitro groups is 1. The van der Waals surface area contributed by atoms with E-state index in [-0.39, 0.29) is 24.2 Å². The largest absolute Gasteiger partial charge is 0.396 e. The minimum Gasteiger partial charge on any atom is -0.396 e. The quantitative estimate of drug-likeness (QED) is 0.663. The number of carbonyl (C=O) groups is 1. The Hall–Kier alpha value is -1.47. The standard InChI is InChI=1S/C14H17BrN2O4/c15-12-5-4-10(9-13(12)17(20)21)14(19)16-7-2-1-3-11(16)6-8-18/h4-5,9,11,18H,1-3,6-8H2. The Morgan fingerprint density at radius 2 is 2.24 bits per heavy atom. The van der Waals surface area contributed by atoms with Crippen LogP contribution in [0.1, 0.15) is 36.0 Å². The van der Waals surface area contributed by atoms with Gasteiger partial charge in [0.2, 0.25) is 0 Å². The molecule has 0 aliphatic carbocycles. The molecule has 1 aromatic carbocycles. The van der Waals surface area contributed by atoms with Crippen LogP contribution >= 0.6 is 15.9 Å². The van der Waals surface area contributed by atoms with Crippen LogP contribution in [-0.4, -0.2) is 40.0 Å². The Labute approximate surface area is 131 Å². The first-order chi connectivity index (χ1) is 10.0. The summed E-state index contributed by atoms with van der Waals surface area (Å²) in [5, 5.41) is 20.1. The third-order valence-electron chi connectivity index (χ3n) is 3.74. The van der Waals surface area contributed by atoms with Crippen molar-refractivity contribution in [2.24, 2.45) is 0 Å². The molecule has 21 heavy (non-hydrogen) atoms. The molecule has 1 saturated heterocycles. The second kappa shape index (κ2) is 7.00. The number of hydrogen-bond acceptors (Lipinski definition) is 4. The zero-order valence-electron chi connectivity index (χ0n) is 11.5. The summed E-state index contributed by atoms with van der Waals surface area (Å²) < 4.78 is 0.356. The van der Waals surface area contributed by atoms with Crippen molar-refractivity contribution in [3.05, 3.63) is 38.3 Å². The van der Waals surface area contributed by atoms with Crippen LogP contribution < -0.4 is 0 Å². The highest BCUT2D eigenvalue weighted by Gasteiger charge is 2.28. The lowest BCUT2D eigenvalue weighted by Crippen LogP contribution is -2.44. The summed E-state index contributed by atoms with van der Waals surface area (Å²) in [7, 11) is 0. The van der Waals surface area contributed by atoms with E-state index in [9.17, 15) is 14.9 Å². The van der Waals surface area contributed by atoms with Gasteiger partial charge in [-0.15, -0.1) is 0 Å². The summed E-state index contributed by atoms with van der Waals surface area (Å²) >= 11 is 3.11. The van der Waals surface area contributed by atoms with Gasteiger partial charge >= 0.3 is 0 Å². The minimum atomic E-state index is -0.512. The highest BCUT2D eigenvalue weighted by atomic mass is 79.9. The highest BCUT2D eigenvalue weighted by molar-refractivity contribution is 9.10. The molecule has 1 aromatic rings. The van der Waals surface area contributed by atoms with Crippen molar-refractivity contribution in [1.29, 1.82) is 0 Å². The maximum absolute atomic E-state index is 12.6. The number of nitrogens with zero attached hydrogens (tertiary/aromatic N) is 2. The molecule has 1 fully saturated rings. The Bertz CT molecular complexity index is 548. The van der Waals surface area contributed by atoms with Gasteiger partial charge in [0.15, 0.2) is 0 Å². The zero-order chi connectivity index (χ0) is 15.4. The molecule has 0 bridgehead atoms. The SMILES string of the molecule is O=C(c1ccc(Br)c([N+](=O)[O-])c1)N1CCCCC1CCO. The molecular formula is C14H17BrN2O4. The molecule has 0 radical (unpaired) electrons. The average Bonchev–Trinajstić information content (AvgIpc) is 2.47. The third-order valence-corrected chi connectivity index (χ3v) is 4.41. The molecule has 114 valence electrons. The second-order valence-corrected chi connectivity index (χ2v) is 5.94. The van der Waals surface area contributed by atoms with E-state index in [1.54, 1.807) is 11.0 Å². The fourth-order valence-corrected chi connectivity index (χ4v) is 3.06. The van der Waals surface area contributed by atoms with Gasteiger partial charge in [-0.05, 0) is 53.7 Å². The van der Waals surface area contributed by atoms with E-state index in [1.165, 1.54) is 12.1 Å². The number of aliphatic hydroxyl groups excluding tert-OH is 1. The number of hydrogen-bond donors (Lipinski definition) is 1. The molecule has 2 rings (SSSR count). The fraction of sp³-hybridized carbons (Fsp3) is 0.500. The van der Waals surface area contributed by atoms with Crippen LogP contribution in [0.3, 0.4) is 0 Å². The lowest BCUT2D eigenvalue weighted by Gasteiger charge is -2.35. The van der Waals surface area contributed by atoms with Crippen LogP contribution in [0.25, 0.3) is 0 Å². The molecule has 0 spiro atoms. The molecular weight excluding hydrogens is 340 g/mol. The van der Waals surface area contributed by atoms with Crippen molar-refractivity contribution in [3.8, 4) is 0 Å². The number of aliphatic hydroxyl groups is 1. The van der Waals surface area contributed by atoms with Gasteiger partial charge < -0.3 is 10.0 Å². The summed E-state index contributed by atoms with van der Waals surface area (Å²) in [5.41, 5.74) is 0.200. The van der Waals surface area contributed by atoms with Crippen molar-refractivity contribution in [2.45, 2.75) is 31.7 Å². The van der Waals surface area contributed by atoms with Crippen LogP contribution in [0.5, 0.6) is 0 Å². The number of rotatable bonds is 4. The number of benzene rings is 1. The summed E-state index contributed by atoms with van der Waals surface area (Å²) in [6, 6.07) is 4.43. The minimum absolute atomic E-state index is 0.0129. The van der Waals surface area contributed by atoms with Gasteiger partial charge in [-0.25, -0.2) is 0 Å². The molecule has 1 N–H and O–H groups in total. The predicted octanol–water partition coefficient (Wildman–Crippen LogP) is 2.73. The number of halogens is 1. The molecule has 0 saturated carbocycles. The molecule has 1 aliphatic rings. The molecule has 1 heterocycles. The summed E-state index contributed by atoms with van der Waals surface area (Å²) in [6.45, 7) is 0.669. The van der Waals surface area contributed by atoms with Crippen LogP contribution in [0.15, 0.2) is 22.7 Å². The number of piperidine rings is 1. The van der Waals surface area contributed by atoms with Gasteiger partial charge in [0, 0.05) is 30.8 Å². The average molecular weight is 357 g/mol. The Kier molecular flexibility index (Phi) is 5.30. The highest BCUT2D eigenvalue weighted by Crippen LogP contribution is 2.28. The fourth-order valence-electron chi connectivity index (χ4n) is 2.67. The Morgan fingerprint density at radius 3 is 2.90 bits per heavy atom. The molecule has 0 aromatic heterocycles. The number of amides is 1. The number of likely N-dealkylation sites (tertiary alicyclic amines) is 1. The summed E-state index contributed by atoms with van der Waals surface area (Å²) in [5.74, 6) is -0.205. The summed E-state index contributed by atoms with van der Waals surface area (Å²) in [4.78, 5) is 24.8. The maximum Gasteiger partial charge on any atom is 0.284 e. The van der Waals surface area contributed by atoms with E-state index in [0.717, 1.165) is 19.3 Å². The topological polar surface area (TPSA) is 83.7 Å². The number of carbonyl (C=O) groups excluding carboxylic acids is 1. The zero-order valence-corrected chi connectivity index (χ0v) is 13.1. The number of nitro benzene ring substituents is 1. The van der Waals surface area contributed by atoms with Crippen molar-refractivity contribution in [1.82, 2.24) is 4.90 Å². The molecule has 7 heteroatoms. The Morgan fingerprint density at radius 1 is 1.48 bits per heavy atom. The van der Waals surface area contributed by atoms with E-state index >= 15 is 0 Å². The molecule has 1 unspecified atom stereocenters. The van der Waals surface area contributed by atoms with Crippen molar-refractivity contribution in [2.75, 3.05) is 13.2 Å². The lowest BCUT2D eigenvalue weighted by atomic mass is 9.98. The van der Waals surface area contributed by atoms with Gasteiger partial charge in [0.05, 0.1) is 9.40 Å². The van der Waals surface area contributed by atoms with E-state index < -0.39 is 4.92 Å². The summed E-state index contributed by atoms with van der Waals surface area (Å²) in [6.07, 6.45) is 3.37. The first kappa shape index (κ1) is 15.9. The Balaban J connectivity index is 2.26. The van der Waals surface area contributed by atoms with Gasteiger partial charge in [-0.3, -0.25) is 14.9 Å². The van der Waals surface area contributed by atoms with Crippen molar-refractivity contribution >= 4 is 27.5 Å². The van der Waals surface area contributed by atoms with Crippen molar-refractivity contribution in [3.63, 3.8) is 0 Å². The molecule has 1 aliphatic heterocycles. The van der Waals surface area contributed by atoms with Crippen molar-refractivity contribution < 1.29 is 14.8 Å². The van der Waals surface area contributed by atoms with Gasteiger partial charge in [-0.1, -0.05) is 0 Å². The van der Waals surface area contributed by atoms with Crippen LogP contribution in [0.2, 0.25) is 0 Å². The van der Waals surface area contributed by atoms with Crippen LogP contribution in [-0.2, 0) is 0 Å². The maximum atomic E-state index is 12.6. The van der Waals surface area contributed by atoms with E-state index in [2.05, 4.69) is 15.9 Å². The monoisotopic (exact) mass is 356 g/mol. The van der Waals surface area contributed by atoms with Gasteiger partial charge in [0.1, 0.15) is 0 Å². The smallest absolute Gasteiger partial charge is 0.284 e. The first-order valence-corrected chi connectivity index (χ1v) is 7.69. The van der Waals surface area contributed by atoms with Crippen LogP contribution in [0.4, 0.5) is 5.69 Å². The molecule has 1 atom stereocenters. The molecule has 6 nitrogen and oxygen atoms in total.